The first-order valence-corrected chi connectivity index (χ1v) is 6.47. The van der Waals surface area contributed by atoms with Crippen molar-refractivity contribution in [3.63, 3.8) is 0 Å². The molecule has 0 aliphatic heterocycles. The Kier molecular flexibility index (Phi) is 8.03. The molecule has 0 unspecified atom stereocenters. The van der Waals surface area contributed by atoms with Gasteiger partial charge in [-0.25, -0.2) is 0 Å². The molecule has 0 bridgehead atoms. The number of nitrogens with two attached hydrogens (primary N) is 1. The van der Waals surface area contributed by atoms with Gasteiger partial charge >= 0.3 is 0 Å². The van der Waals surface area contributed by atoms with Gasteiger partial charge in [-0.3, -0.25) is 9.59 Å². The summed E-state index contributed by atoms with van der Waals surface area (Å²) in [5.41, 5.74) is 5.41. The minimum atomic E-state index is -1.37. The van der Waals surface area contributed by atoms with Gasteiger partial charge in [-0.05, 0) is 20.8 Å². The zero-order valence-corrected chi connectivity index (χ0v) is 12.2. The van der Waals surface area contributed by atoms with Crippen LogP contribution in [0.2, 0.25) is 0 Å². The quantitative estimate of drug-likeness (QED) is 0.255. The lowest BCUT2D eigenvalue weighted by Gasteiger charge is -2.25. The van der Waals surface area contributed by atoms with Crippen LogP contribution in [0, 0.1) is 0 Å². The summed E-state index contributed by atoms with van der Waals surface area (Å²) in [6.45, 7) is 3.87. The van der Waals surface area contributed by atoms with E-state index in [1.165, 1.54) is 20.8 Å². The van der Waals surface area contributed by atoms with Crippen LogP contribution < -0.4 is 16.4 Å². The van der Waals surface area contributed by atoms with Crippen molar-refractivity contribution in [2.45, 2.75) is 57.2 Å². The average molecular weight is 305 g/mol. The summed E-state index contributed by atoms with van der Waals surface area (Å²) in [7, 11) is 0. The Labute approximate surface area is 122 Å². The van der Waals surface area contributed by atoms with E-state index in [0.29, 0.717) is 6.29 Å². The molecule has 21 heavy (non-hydrogen) atoms. The number of rotatable bonds is 8. The van der Waals surface area contributed by atoms with Crippen LogP contribution >= 0.6 is 0 Å². The Morgan fingerprint density at radius 3 is 1.81 bits per heavy atom. The standard InChI is InChI=1S/C12H23N3O6/c1-5(17)8(4-16)14-12(21)10(7(3)19)15-11(20)9(13)6(2)18/h4-10,17-19H,13H2,1-3H3,(H,14,21)(H,15,20)/t5-,6-,7-,8-,9+,10+/m1/s1. The van der Waals surface area contributed by atoms with Crippen molar-refractivity contribution in [2.24, 2.45) is 5.73 Å². The lowest BCUT2D eigenvalue weighted by Crippen LogP contribution is -2.59. The van der Waals surface area contributed by atoms with Gasteiger partial charge in [-0.2, -0.15) is 0 Å². The average Bonchev–Trinajstić information content (AvgIpc) is 2.39. The highest BCUT2D eigenvalue weighted by atomic mass is 16.3. The van der Waals surface area contributed by atoms with Crippen LogP contribution in [-0.2, 0) is 14.4 Å². The Bertz CT molecular complexity index is 372. The molecule has 0 radical (unpaired) electrons. The Balaban J connectivity index is 4.87. The first-order chi connectivity index (χ1) is 9.61. The smallest absolute Gasteiger partial charge is 0.245 e. The minimum absolute atomic E-state index is 0.338. The summed E-state index contributed by atoms with van der Waals surface area (Å²) < 4.78 is 0. The van der Waals surface area contributed by atoms with Crippen molar-refractivity contribution in [3.8, 4) is 0 Å². The summed E-state index contributed by atoms with van der Waals surface area (Å²) in [4.78, 5) is 34.3. The fourth-order valence-corrected chi connectivity index (χ4v) is 1.40. The maximum atomic E-state index is 11.9. The van der Waals surface area contributed by atoms with Gasteiger partial charge in [0.2, 0.25) is 11.8 Å². The molecule has 0 saturated heterocycles. The van der Waals surface area contributed by atoms with Gasteiger partial charge < -0.3 is 36.5 Å². The summed E-state index contributed by atoms with van der Waals surface area (Å²) in [6, 6.07) is -3.80. The lowest BCUT2D eigenvalue weighted by atomic mass is 10.1. The summed E-state index contributed by atoms with van der Waals surface area (Å²) in [6.07, 6.45) is -3.19. The molecule has 0 aliphatic carbocycles. The molecule has 0 aromatic rings. The number of carbonyl (C=O) groups is 3. The number of aliphatic hydroxyl groups excluding tert-OH is 3. The Hall–Kier alpha value is -1.55. The van der Waals surface area contributed by atoms with Crippen molar-refractivity contribution in [3.05, 3.63) is 0 Å². The molecule has 0 aromatic carbocycles. The number of carbonyl (C=O) groups excluding carboxylic acids is 3. The maximum Gasteiger partial charge on any atom is 0.245 e. The molecule has 0 fully saturated rings. The van der Waals surface area contributed by atoms with Crippen molar-refractivity contribution in [1.82, 2.24) is 10.6 Å². The predicted molar refractivity (Wildman–Crippen MR) is 72.9 cm³/mol. The molecular formula is C12H23N3O6. The summed E-state index contributed by atoms with van der Waals surface area (Å²) in [5.74, 6) is -1.68. The van der Waals surface area contributed by atoms with Crippen LogP contribution in [0.25, 0.3) is 0 Å². The molecule has 2 amide bonds. The van der Waals surface area contributed by atoms with E-state index in [1.807, 2.05) is 0 Å². The summed E-state index contributed by atoms with van der Waals surface area (Å²) in [5, 5.41) is 32.4. The first-order valence-electron chi connectivity index (χ1n) is 6.47. The molecule has 122 valence electrons. The molecule has 0 rings (SSSR count). The molecule has 0 aliphatic rings. The highest BCUT2D eigenvalue weighted by Gasteiger charge is 2.30. The fraction of sp³-hybridized carbons (Fsp3) is 0.750. The molecule has 6 atom stereocenters. The van der Waals surface area contributed by atoms with E-state index < -0.39 is 48.3 Å². The minimum Gasteiger partial charge on any atom is -0.391 e. The number of aldehydes is 1. The predicted octanol–water partition coefficient (Wildman–Crippen LogP) is -3.38. The van der Waals surface area contributed by atoms with Gasteiger partial charge in [0.05, 0.1) is 18.3 Å². The van der Waals surface area contributed by atoms with Crippen molar-refractivity contribution in [2.75, 3.05) is 0 Å². The van der Waals surface area contributed by atoms with E-state index in [0.717, 1.165) is 0 Å². The Morgan fingerprint density at radius 1 is 0.952 bits per heavy atom. The molecule has 0 heterocycles. The number of hydrogen-bond acceptors (Lipinski definition) is 7. The second-order valence-electron chi connectivity index (χ2n) is 4.90. The highest BCUT2D eigenvalue weighted by Crippen LogP contribution is 1.98. The van der Waals surface area contributed by atoms with Gasteiger partial charge in [-0.15, -0.1) is 0 Å². The summed E-state index contributed by atoms with van der Waals surface area (Å²) >= 11 is 0. The van der Waals surface area contributed by atoms with Gasteiger partial charge in [0.15, 0.2) is 0 Å². The van der Waals surface area contributed by atoms with Crippen molar-refractivity contribution >= 4 is 18.1 Å². The van der Waals surface area contributed by atoms with E-state index in [2.05, 4.69) is 10.6 Å². The van der Waals surface area contributed by atoms with Crippen LogP contribution in [0.3, 0.4) is 0 Å². The van der Waals surface area contributed by atoms with E-state index in [1.54, 1.807) is 0 Å². The van der Waals surface area contributed by atoms with Crippen LogP contribution in [0.4, 0.5) is 0 Å². The van der Waals surface area contributed by atoms with E-state index in [9.17, 15) is 29.7 Å². The molecule has 9 heteroatoms. The van der Waals surface area contributed by atoms with Crippen molar-refractivity contribution in [1.29, 1.82) is 0 Å². The number of aliphatic hydroxyl groups is 3. The van der Waals surface area contributed by atoms with Gasteiger partial charge in [0.1, 0.15) is 24.4 Å². The Morgan fingerprint density at radius 2 is 1.48 bits per heavy atom. The van der Waals surface area contributed by atoms with Crippen LogP contribution in [0.1, 0.15) is 20.8 Å². The zero-order chi connectivity index (χ0) is 16.7. The van der Waals surface area contributed by atoms with Crippen molar-refractivity contribution < 1.29 is 29.7 Å². The SMILES string of the molecule is C[C@@H](O)[C@H](N)C(=O)N[C@H](C(=O)N[C@H](C=O)[C@@H](C)O)[C@@H](C)O. The monoisotopic (exact) mass is 305 g/mol. The normalized spacial score (nSPS) is 19.6. The molecular weight excluding hydrogens is 282 g/mol. The fourth-order valence-electron chi connectivity index (χ4n) is 1.40. The third kappa shape index (κ3) is 6.17. The zero-order valence-electron chi connectivity index (χ0n) is 12.2. The van der Waals surface area contributed by atoms with E-state index >= 15 is 0 Å². The lowest BCUT2D eigenvalue weighted by molar-refractivity contribution is -0.134. The molecule has 0 aromatic heterocycles. The van der Waals surface area contributed by atoms with Crippen LogP contribution in [0.15, 0.2) is 0 Å². The maximum absolute atomic E-state index is 11.9. The highest BCUT2D eigenvalue weighted by molar-refractivity contribution is 5.91. The van der Waals surface area contributed by atoms with E-state index in [4.69, 9.17) is 5.73 Å². The third-order valence-corrected chi connectivity index (χ3v) is 2.86. The largest absolute Gasteiger partial charge is 0.391 e. The molecule has 9 nitrogen and oxygen atoms in total. The second-order valence-corrected chi connectivity index (χ2v) is 4.90. The van der Waals surface area contributed by atoms with Gasteiger partial charge in [0, 0.05) is 0 Å². The van der Waals surface area contributed by atoms with E-state index in [-0.39, 0.29) is 0 Å². The molecule has 0 saturated carbocycles. The molecule has 0 spiro atoms. The molecule has 7 N–H and O–H groups in total. The second kappa shape index (κ2) is 8.67. The first kappa shape index (κ1) is 19.4. The van der Waals surface area contributed by atoms with Crippen LogP contribution in [0.5, 0.6) is 0 Å². The third-order valence-electron chi connectivity index (χ3n) is 2.86. The van der Waals surface area contributed by atoms with Crippen LogP contribution in [-0.4, -0.2) is 69.9 Å². The van der Waals surface area contributed by atoms with Gasteiger partial charge in [0.25, 0.3) is 0 Å². The topological polar surface area (TPSA) is 162 Å². The number of amides is 2. The number of hydrogen-bond donors (Lipinski definition) is 6. The number of nitrogens with one attached hydrogen (secondary N) is 2. The van der Waals surface area contributed by atoms with Gasteiger partial charge in [-0.1, -0.05) is 0 Å².